The Morgan fingerprint density at radius 1 is 1.04 bits per heavy atom. The van der Waals surface area contributed by atoms with Crippen molar-refractivity contribution in [1.29, 1.82) is 0 Å². The van der Waals surface area contributed by atoms with Gasteiger partial charge in [0, 0.05) is 15.5 Å². The lowest BCUT2D eigenvalue weighted by Crippen LogP contribution is -1.96. The molecule has 26 heavy (non-hydrogen) atoms. The first kappa shape index (κ1) is 17.2. The monoisotopic (exact) mass is 403 g/mol. The van der Waals surface area contributed by atoms with Crippen molar-refractivity contribution in [2.75, 3.05) is 5.32 Å². The van der Waals surface area contributed by atoms with E-state index in [2.05, 4.69) is 15.3 Å². The van der Waals surface area contributed by atoms with Crippen molar-refractivity contribution in [2.45, 2.75) is 6.92 Å². The molecule has 0 fully saturated rings. The van der Waals surface area contributed by atoms with Gasteiger partial charge in [-0.15, -0.1) is 11.3 Å². The predicted molar refractivity (Wildman–Crippen MR) is 107 cm³/mol. The summed E-state index contributed by atoms with van der Waals surface area (Å²) in [5.74, 6) is 0.372. The zero-order chi connectivity index (χ0) is 18.3. The zero-order valence-corrected chi connectivity index (χ0v) is 15.9. The fraction of sp³-hybridized carbons (Fsp3) is 0.0526. The highest BCUT2D eigenvalue weighted by Crippen LogP contribution is 2.41. The van der Waals surface area contributed by atoms with Crippen LogP contribution in [0.1, 0.15) is 4.88 Å². The molecule has 0 bridgehead atoms. The van der Waals surface area contributed by atoms with Crippen LogP contribution < -0.4 is 5.32 Å². The molecule has 7 heteroatoms. The smallest absolute Gasteiger partial charge is 0.143 e. The number of nitrogens with zero attached hydrogens (tertiary/aromatic N) is 2. The van der Waals surface area contributed by atoms with Gasteiger partial charge in [0.25, 0.3) is 0 Å². The number of aryl methyl sites for hydroxylation is 1. The lowest BCUT2D eigenvalue weighted by Gasteiger charge is -2.10. The van der Waals surface area contributed by atoms with Crippen molar-refractivity contribution < 1.29 is 4.39 Å². The second kappa shape index (κ2) is 6.83. The Balaban J connectivity index is 1.89. The summed E-state index contributed by atoms with van der Waals surface area (Å²) in [6.45, 7) is 2.02. The van der Waals surface area contributed by atoms with Crippen molar-refractivity contribution in [3.8, 4) is 11.1 Å². The maximum Gasteiger partial charge on any atom is 0.143 e. The summed E-state index contributed by atoms with van der Waals surface area (Å²) in [6.07, 6.45) is 1.51. The Morgan fingerprint density at radius 3 is 2.54 bits per heavy atom. The van der Waals surface area contributed by atoms with Crippen LogP contribution in [0.2, 0.25) is 10.0 Å². The first-order chi connectivity index (χ1) is 12.5. The average molecular weight is 404 g/mol. The molecule has 0 aliphatic rings. The van der Waals surface area contributed by atoms with Gasteiger partial charge in [-0.05, 0) is 42.8 Å². The van der Waals surface area contributed by atoms with E-state index in [0.717, 1.165) is 26.2 Å². The molecule has 1 N–H and O–H groups in total. The molecule has 0 unspecified atom stereocenters. The lowest BCUT2D eigenvalue weighted by molar-refractivity contribution is 0.628. The summed E-state index contributed by atoms with van der Waals surface area (Å²) in [6, 6.07) is 11.6. The Kier molecular flexibility index (Phi) is 4.53. The van der Waals surface area contributed by atoms with Crippen molar-refractivity contribution in [3.63, 3.8) is 0 Å². The van der Waals surface area contributed by atoms with Crippen molar-refractivity contribution in [3.05, 3.63) is 69.5 Å². The maximum atomic E-state index is 13.3. The summed E-state index contributed by atoms with van der Waals surface area (Å²) in [4.78, 5) is 10.7. The fourth-order valence-corrected chi connectivity index (χ4v) is 4.29. The fourth-order valence-electron chi connectivity index (χ4n) is 2.82. The van der Waals surface area contributed by atoms with Gasteiger partial charge in [-0.25, -0.2) is 14.4 Å². The van der Waals surface area contributed by atoms with Crippen LogP contribution >= 0.6 is 34.5 Å². The Hall–Kier alpha value is -2.21. The summed E-state index contributed by atoms with van der Waals surface area (Å²) in [5.41, 5.74) is 2.60. The number of aromatic nitrogens is 2. The van der Waals surface area contributed by atoms with E-state index in [1.165, 1.54) is 18.5 Å². The van der Waals surface area contributed by atoms with Crippen LogP contribution in [0.5, 0.6) is 0 Å². The molecule has 4 aromatic rings. The van der Waals surface area contributed by atoms with E-state index in [0.29, 0.717) is 21.6 Å². The molecular formula is C19H12Cl2FN3S. The molecule has 0 amide bonds. The van der Waals surface area contributed by atoms with Gasteiger partial charge in [0.15, 0.2) is 0 Å². The molecule has 0 radical (unpaired) electrons. The van der Waals surface area contributed by atoms with Gasteiger partial charge in [-0.2, -0.15) is 0 Å². The summed E-state index contributed by atoms with van der Waals surface area (Å²) >= 11 is 13.8. The number of hydrogen-bond donors (Lipinski definition) is 1. The molecule has 4 rings (SSSR count). The maximum absolute atomic E-state index is 13.3. The first-order valence-electron chi connectivity index (χ1n) is 7.75. The number of halogens is 3. The minimum Gasteiger partial charge on any atom is -0.338 e. The minimum atomic E-state index is -0.270. The highest BCUT2D eigenvalue weighted by Gasteiger charge is 2.17. The molecule has 2 aromatic carbocycles. The molecule has 0 saturated carbocycles. The van der Waals surface area contributed by atoms with Crippen molar-refractivity contribution >= 4 is 56.3 Å². The normalized spacial score (nSPS) is 11.1. The van der Waals surface area contributed by atoms with Crippen molar-refractivity contribution in [1.82, 2.24) is 9.97 Å². The third-order valence-corrected chi connectivity index (χ3v) is 5.54. The topological polar surface area (TPSA) is 37.8 Å². The summed E-state index contributed by atoms with van der Waals surface area (Å²) in [7, 11) is 0. The van der Waals surface area contributed by atoms with Gasteiger partial charge >= 0.3 is 0 Å². The van der Waals surface area contributed by atoms with E-state index in [1.54, 1.807) is 41.7 Å². The van der Waals surface area contributed by atoms with Crippen molar-refractivity contribution in [2.24, 2.45) is 0 Å². The van der Waals surface area contributed by atoms with E-state index in [1.807, 2.05) is 6.92 Å². The summed E-state index contributed by atoms with van der Waals surface area (Å²) < 4.78 is 13.3. The predicted octanol–water partition coefficient (Wildman–Crippen LogP) is 6.86. The number of rotatable bonds is 3. The van der Waals surface area contributed by atoms with Gasteiger partial charge in [-0.3, -0.25) is 0 Å². The quantitative estimate of drug-likeness (QED) is 0.406. The van der Waals surface area contributed by atoms with Crippen LogP contribution in [0.25, 0.3) is 21.3 Å². The lowest BCUT2D eigenvalue weighted by atomic mass is 10.0. The van der Waals surface area contributed by atoms with E-state index >= 15 is 0 Å². The largest absolute Gasteiger partial charge is 0.338 e. The van der Waals surface area contributed by atoms with Crippen LogP contribution in [-0.2, 0) is 0 Å². The SMILES string of the molecule is Cc1sc2ncnc(Nc3ccc(Cl)cc3Cl)c2c1-c1ccc(F)cc1. The Labute approximate surface area is 163 Å². The number of nitrogens with one attached hydrogen (secondary N) is 1. The van der Waals surface area contributed by atoms with Crippen LogP contribution in [0.4, 0.5) is 15.9 Å². The van der Waals surface area contributed by atoms with E-state index in [9.17, 15) is 4.39 Å². The van der Waals surface area contributed by atoms with Gasteiger partial charge < -0.3 is 5.32 Å². The number of fused-ring (bicyclic) bond motifs is 1. The Morgan fingerprint density at radius 2 is 1.81 bits per heavy atom. The average Bonchev–Trinajstić information content (AvgIpc) is 2.95. The second-order valence-electron chi connectivity index (χ2n) is 5.69. The second-order valence-corrected chi connectivity index (χ2v) is 7.74. The molecule has 0 aliphatic heterocycles. The molecule has 2 aromatic heterocycles. The molecule has 0 saturated heterocycles. The molecular weight excluding hydrogens is 392 g/mol. The molecule has 0 atom stereocenters. The number of benzene rings is 2. The number of hydrogen-bond acceptors (Lipinski definition) is 4. The first-order valence-corrected chi connectivity index (χ1v) is 9.32. The third kappa shape index (κ3) is 3.14. The van der Waals surface area contributed by atoms with Gasteiger partial charge in [0.1, 0.15) is 22.8 Å². The molecule has 3 nitrogen and oxygen atoms in total. The number of thiophene rings is 1. The molecule has 130 valence electrons. The molecule has 0 spiro atoms. The highest BCUT2D eigenvalue weighted by atomic mass is 35.5. The van der Waals surface area contributed by atoms with E-state index in [-0.39, 0.29) is 5.82 Å². The van der Waals surface area contributed by atoms with E-state index < -0.39 is 0 Å². The minimum absolute atomic E-state index is 0.270. The van der Waals surface area contributed by atoms with Crippen LogP contribution in [-0.4, -0.2) is 9.97 Å². The zero-order valence-electron chi connectivity index (χ0n) is 13.6. The molecule has 2 heterocycles. The number of anilines is 2. The van der Waals surface area contributed by atoms with Gasteiger partial charge in [0.05, 0.1) is 16.1 Å². The van der Waals surface area contributed by atoms with Gasteiger partial charge in [0.2, 0.25) is 0 Å². The van der Waals surface area contributed by atoms with Crippen LogP contribution in [0.15, 0.2) is 48.8 Å². The molecule has 0 aliphatic carbocycles. The van der Waals surface area contributed by atoms with E-state index in [4.69, 9.17) is 23.2 Å². The Bertz CT molecular complexity index is 1110. The van der Waals surface area contributed by atoms with Crippen LogP contribution in [0, 0.1) is 12.7 Å². The van der Waals surface area contributed by atoms with Gasteiger partial charge in [-0.1, -0.05) is 35.3 Å². The summed E-state index contributed by atoms with van der Waals surface area (Å²) in [5, 5.41) is 5.21. The van der Waals surface area contributed by atoms with Crippen LogP contribution in [0.3, 0.4) is 0 Å². The third-order valence-electron chi connectivity index (χ3n) is 3.98. The highest BCUT2D eigenvalue weighted by molar-refractivity contribution is 7.19. The standard InChI is InChI=1S/C19H12Cl2FN3S/c1-10-16(11-2-5-13(22)6-3-11)17-18(23-9-24-19(17)26-10)25-15-7-4-12(20)8-14(15)21/h2-9H,1H3,(H,23,24,25).